The van der Waals surface area contributed by atoms with Crippen LogP contribution in [-0.2, 0) is 11.2 Å². The lowest BCUT2D eigenvalue weighted by Crippen LogP contribution is -2.26. The maximum absolute atomic E-state index is 13.2. The van der Waals surface area contributed by atoms with E-state index in [-0.39, 0.29) is 19.0 Å². The molecule has 4 rings (SSSR count). The number of benzene rings is 2. The van der Waals surface area contributed by atoms with Crippen molar-refractivity contribution in [2.24, 2.45) is 0 Å². The third-order valence-electron chi connectivity index (χ3n) is 5.22. The van der Waals surface area contributed by atoms with Crippen molar-refractivity contribution in [3.63, 3.8) is 0 Å². The van der Waals surface area contributed by atoms with Crippen LogP contribution in [0, 0.1) is 0 Å². The number of nitrogen functional groups attached to an aromatic ring is 1. The van der Waals surface area contributed by atoms with Crippen LogP contribution in [-0.4, -0.2) is 41.4 Å². The largest absolute Gasteiger partial charge is 0.397 e. The molecule has 6 heteroatoms. The van der Waals surface area contributed by atoms with Crippen LogP contribution in [0.2, 0.25) is 0 Å². The second kappa shape index (κ2) is 8.67. The molecule has 2 aromatic carbocycles. The zero-order valence-corrected chi connectivity index (χ0v) is 16.4. The minimum atomic E-state index is -0.953. The van der Waals surface area contributed by atoms with Crippen LogP contribution in [0.15, 0.2) is 77.9 Å². The molecule has 0 aliphatic heterocycles. The number of nitrogens with two attached hydrogens (primary N) is 1. The average Bonchev–Trinajstić information content (AvgIpc) is 2.90. The first kappa shape index (κ1) is 20.1. The van der Waals surface area contributed by atoms with E-state index in [1.807, 2.05) is 54.6 Å². The number of fused-ring (bicyclic) bond motifs is 2. The third kappa shape index (κ3) is 4.07. The first-order chi connectivity index (χ1) is 14.6. The van der Waals surface area contributed by atoms with Gasteiger partial charge < -0.3 is 26.0 Å². The van der Waals surface area contributed by atoms with Crippen LogP contribution in [0.4, 0.5) is 17.1 Å². The van der Waals surface area contributed by atoms with E-state index in [4.69, 9.17) is 15.6 Å². The Hall–Kier alpha value is -3.19. The van der Waals surface area contributed by atoms with Gasteiger partial charge in [0, 0.05) is 16.8 Å². The number of carbonyl (C=O) groups excluding carboxylic acids is 1. The minimum absolute atomic E-state index is 0.0101. The smallest absolute Gasteiger partial charge is 0.193 e. The molecule has 2 aliphatic carbocycles. The van der Waals surface area contributed by atoms with Gasteiger partial charge in [-0.3, -0.25) is 4.79 Å². The Morgan fingerprint density at radius 3 is 2.87 bits per heavy atom. The van der Waals surface area contributed by atoms with E-state index in [1.54, 1.807) is 12.2 Å². The Bertz CT molecular complexity index is 1050. The summed E-state index contributed by atoms with van der Waals surface area (Å²) in [5, 5.41) is 21.9. The fraction of sp³-hybridized carbons (Fsp3) is 0.208. The van der Waals surface area contributed by atoms with Gasteiger partial charge in [0.2, 0.25) is 0 Å². The minimum Gasteiger partial charge on any atom is -0.397 e. The fourth-order valence-electron chi connectivity index (χ4n) is 3.64. The van der Waals surface area contributed by atoms with E-state index in [1.165, 1.54) is 0 Å². The number of para-hydroxylation sites is 2. The summed E-state index contributed by atoms with van der Waals surface area (Å²) in [5.74, 6) is -0.0554. The summed E-state index contributed by atoms with van der Waals surface area (Å²) >= 11 is 0. The highest BCUT2D eigenvalue weighted by Crippen LogP contribution is 2.33. The second-order valence-electron chi connectivity index (χ2n) is 7.33. The van der Waals surface area contributed by atoms with Gasteiger partial charge in [-0.15, -0.1) is 0 Å². The molecule has 0 amide bonds. The van der Waals surface area contributed by atoms with Crippen LogP contribution in [0.1, 0.15) is 15.9 Å². The highest BCUT2D eigenvalue weighted by molar-refractivity contribution is 6.13. The van der Waals surface area contributed by atoms with E-state index in [0.717, 1.165) is 22.5 Å². The molecule has 2 aliphatic rings. The van der Waals surface area contributed by atoms with E-state index in [0.29, 0.717) is 23.2 Å². The van der Waals surface area contributed by atoms with Crippen LogP contribution >= 0.6 is 0 Å². The number of aliphatic hydroxyl groups excluding tert-OH is 2. The van der Waals surface area contributed by atoms with Crippen molar-refractivity contribution in [3.8, 4) is 0 Å². The molecule has 0 bridgehead atoms. The number of ketones is 1. The highest BCUT2D eigenvalue weighted by Gasteiger charge is 2.28. The van der Waals surface area contributed by atoms with Crippen molar-refractivity contribution < 1.29 is 19.7 Å². The average molecular weight is 404 g/mol. The van der Waals surface area contributed by atoms with Crippen molar-refractivity contribution >= 4 is 22.8 Å². The molecule has 0 radical (unpaired) electrons. The molecule has 0 heterocycles. The van der Waals surface area contributed by atoms with E-state index < -0.39 is 12.2 Å². The van der Waals surface area contributed by atoms with Gasteiger partial charge in [0.05, 0.1) is 24.6 Å². The molecule has 6 nitrogen and oxygen atoms in total. The quantitative estimate of drug-likeness (QED) is 0.552. The molecular weight excluding hydrogens is 380 g/mol. The first-order valence-corrected chi connectivity index (χ1v) is 9.85. The maximum Gasteiger partial charge on any atom is 0.193 e. The summed E-state index contributed by atoms with van der Waals surface area (Å²) in [6.07, 6.45) is 6.60. The standard InChI is InChI=1S/C24H24N2O4/c25-21-5-1-2-6-22(21)26-16-9-11-18-15(12-16)8-10-19-20(24(18)29)4-3-7-23(19)30-14-17(28)13-27/h1-7,9-12,17,23,26-28H,8,13-14,25H2/t17?,23-/m1/s1. The Labute approximate surface area is 175 Å². The molecule has 0 saturated carbocycles. The molecule has 2 aromatic rings. The fourth-order valence-corrected chi connectivity index (χ4v) is 3.64. The van der Waals surface area contributed by atoms with Crippen molar-refractivity contribution in [2.45, 2.75) is 18.6 Å². The zero-order valence-electron chi connectivity index (χ0n) is 16.4. The molecular formula is C24H24N2O4. The summed E-state index contributed by atoms with van der Waals surface area (Å²) in [5.41, 5.74) is 11.3. The molecule has 0 saturated heterocycles. The monoisotopic (exact) mass is 404 g/mol. The van der Waals surface area contributed by atoms with Gasteiger partial charge >= 0.3 is 0 Å². The van der Waals surface area contributed by atoms with Gasteiger partial charge in [0.25, 0.3) is 0 Å². The molecule has 0 fully saturated rings. The van der Waals surface area contributed by atoms with Gasteiger partial charge in [0.15, 0.2) is 5.78 Å². The number of ether oxygens (including phenoxy) is 1. The van der Waals surface area contributed by atoms with E-state index in [2.05, 4.69) is 5.32 Å². The number of rotatable bonds is 6. The predicted octanol–water partition coefficient (Wildman–Crippen LogP) is 2.91. The van der Waals surface area contributed by atoms with Crippen molar-refractivity contribution in [2.75, 3.05) is 24.3 Å². The van der Waals surface area contributed by atoms with Crippen molar-refractivity contribution in [1.82, 2.24) is 0 Å². The SMILES string of the molecule is Nc1ccccc1Nc1ccc2c(c1)CC=C1C(=CC=C[C@H]1OCC(O)CO)C2=O. The highest BCUT2D eigenvalue weighted by atomic mass is 16.5. The molecule has 5 N–H and O–H groups in total. The molecule has 0 spiro atoms. The number of anilines is 3. The maximum atomic E-state index is 13.2. The van der Waals surface area contributed by atoms with E-state index >= 15 is 0 Å². The summed E-state index contributed by atoms with van der Waals surface area (Å²) in [6, 6.07) is 13.2. The van der Waals surface area contributed by atoms with Crippen LogP contribution in [0.3, 0.4) is 0 Å². The molecule has 0 aromatic heterocycles. The van der Waals surface area contributed by atoms with Gasteiger partial charge in [0.1, 0.15) is 12.2 Å². The summed E-state index contributed by atoms with van der Waals surface area (Å²) < 4.78 is 5.74. The number of hydrogen-bond acceptors (Lipinski definition) is 6. The number of carbonyl (C=O) groups is 1. The number of aliphatic hydroxyl groups is 2. The van der Waals surface area contributed by atoms with Gasteiger partial charge in [-0.2, -0.15) is 0 Å². The topological polar surface area (TPSA) is 105 Å². The molecule has 30 heavy (non-hydrogen) atoms. The third-order valence-corrected chi connectivity index (χ3v) is 5.22. The Morgan fingerprint density at radius 2 is 2.07 bits per heavy atom. The normalized spacial score (nSPS) is 18.6. The lowest BCUT2D eigenvalue weighted by molar-refractivity contribution is -0.00415. The van der Waals surface area contributed by atoms with Crippen molar-refractivity contribution in [1.29, 1.82) is 0 Å². The number of allylic oxidation sites excluding steroid dienone is 3. The number of Topliss-reactive ketones (excluding diaryl/α,β-unsaturated/α-hetero) is 1. The number of hydrogen-bond donors (Lipinski definition) is 4. The van der Waals surface area contributed by atoms with Gasteiger partial charge in [-0.1, -0.05) is 36.4 Å². The lowest BCUT2D eigenvalue weighted by Gasteiger charge is -2.22. The van der Waals surface area contributed by atoms with Gasteiger partial charge in [-0.05, 0) is 47.9 Å². The van der Waals surface area contributed by atoms with E-state index in [9.17, 15) is 9.90 Å². The predicted molar refractivity (Wildman–Crippen MR) is 117 cm³/mol. The molecule has 2 atom stereocenters. The Balaban J connectivity index is 1.60. The first-order valence-electron chi connectivity index (χ1n) is 9.85. The second-order valence-corrected chi connectivity index (χ2v) is 7.33. The molecule has 154 valence electrons. The number of nitrogens with one attached hydrogen (secondary N) is 1. The van der Waals surface area contributed by atoms with Crippen molar-refractivity contribution in [3.05, 3.63) is 89.0 Å². The van der Waals surface area contributed by atoms with Crippen LogP contribution < -0.4 is 11.1 Å². The zero-order chi connectivity index (χ0) is 21.1. The molecule has 1 unspecified atom stereocenters. The Kier molecular flexibility index (Phi) is 5.81. The summed E-state index contributed by atoms with van der Waals surface area (Å²) in [4.78, 5) is 13.2. The summed E-state index contributed by atoms with van der Waals surface area (Å²) in [7, 11) is 0. The summed E-state index contributed by atoms with van der Waals surface area (Å²) in [6.45, 7) is -0.381. The van der Waals surface area contributed by atoms with Gasteiger partial charge in [-0.25, -0.2) is 0 Å². The van der Waals surface area contributed by atoms with Crippen LogP contribution in [0.5, 0.6) is 0 Å². The Morgan fingerprint density at radius 1 is 1.23 bits per heavy atom. The lowest BCUT2D eigenvalue weighted by atomic mass is 9.90. The van der Waals surface area contributed by atoms with Crippen LogP contribution in [0.25, 0.3) is 0 Å².